The number of alkyl carbamates (subject to hydrolysis) is 1. The van der Waals surface area contributed by atoms with Crippen LogP contribution in [0.2, 0.25) is 0 Å². The standard InChI is InChI=1S/C15H23IN4O3/c1-9(2)13(19-15(22)23-3)14(21)20-6-4-5-10(20)7-12-17-8-11(16)18-12/h8-10,13H,4-7H2,1-3H3,(H,17,18)(H,19,22)/t10-,13-/m0/s1. The van der Waals surface area contributed by atoms with Crippen LogP contribution in [0.15, 0.2) is 6.20 Å². The first kappa shape index (κ1) is 18.0. The van der Waals surface area contributed by atoms with Crippen LogP contribution < -0.4 is 5.32 Å². The molecule has 1 saturated heterocycles. The number of amides is 2. The number of carbonyl (C=O) groups excluding carboxylic acids is 2. The molecule has 7 nitrogen and oxygen atoms in total. The van der Waals surface area contributed by atoms with Crippen molar-refractivity contribution in [3.8, 4) is 0 Å². The predicted octanol–water partition coefficient (Wildman–Crippen LogP) is 1.93. The van der Waals surface area contributed by atoms with Gasteiger partial charge in [-0.3, -0.25) is 4.79 Å². The quantitative estimate of drug-likeness (QED) is 0.694. The van der Waals surface area contributed by atoms with Crippen molar-refractivity contribution < 1.29 is 14.3 Å². The molecule has 128 valence electrons. The van der Waals surface area contributed by atoms with Crippen LogP contribution >= 0.6 is 22.6 Å². The van der Waals surface area contributed by atoms with E-state index in [0.29, 0.717) is 13.0 Å². The highest BCUT2D eigenvalue weighted by Gasteiger charge is 2.35. The normalized spacial score (nSPS) is 19.0. The van der Waals surface area contributed by atoms with Crippen LogP contribution in [0.5, 0.6) is 0 Å². The van der Waals surface area contributed by atoms with Gasteiger partial charge in [-0.05, 0) is 41.4 Å². The van der Waals surface area contributed by atoms with Crippen molar-refractivity contribution in [1.82, 2.24) is 20.2 Å². The number of nitrogens with zero attached hydrogens (tertiary/aromatic N) is 2. The number of ether oxygens (including phenoxy) is 1. The van der Waals surface area contributed by atoms with Gasteiger partial charge in [0.05, 0.1) is 7.11 Å². The van der Waals surface area contributed by atoms with E-state index in [9.17, 15) is 9.59 Å². The summed E-state index contributed by atoms with van der Waals surface area (Å²) in [6, 6.07) is -0.454. The molecule has 0 aliphatic carbocycles. The monoisotopic (exact) mass is 434 g/mol. The van der Waals surface area contributed by atoms with Crippen LogP contribution in [0.3, 0.4) is 0 Å². The Morgan fingerprint density at radius 1 is 1.57 bits per heavy atom. The van der Waals surface area contributed by atoms with E-state index >= 15 is 0 Å². The second-order valence-corrected chi connectivity index (χ2v) is 7.16. The van der Waals surface area contributed by atoms with Gasteiger partial charge in [-0.15, -0.1) is 0 Å². The molecule has 1 aromatic heterocycles. The molecular weight excluding hydrogens is 411 g/mol. The van der Waals surface area contributed by atoms with E-state index in [1.165, 1.54) is 7.11 Å². The molecule has 23 heavy (non-hydrogen) atoms. The summed E-state index contributed by atoms with van der Waals surface area (Å²) in [6.45, 7) is 4.55. The molecule has 1 aromatic rings. The summed E-state index contributed by atoms with van der Waals surface area (Å²) in [6.07, 6.45) is 3.90. The topological polar surface area (TPSA) is 87.3 Å². The first-order valence-corrected chi connectivity index (χ1v) is 8.85. The van der Waals surface area contributed by atoms with Crippen LogP contribution in [0.25, 0.3) is 0 Å². The van der Waals surface area contributed by atoms with E-state index in [1.807, 2.05) is 24.9 Å². The number of aromatic amines is 1. The summed E-state index contributed by atoms with van der Waals surface area (Å²) in [5.74, 6) is 0.836. The summed E-state index contributed by atoms with van der Waals surface area (Å²) in [5, 5.41) is 2.65. The fraction of sp³-hybridized carbons (Fsp3) is 0.667. The van der Waals surface area contributed by atoms with Crippen molar-refractivity contribution in [1.29, 1.82) is 0 Å². The van der Waals surface area contributed by atoms with Gasteiger partial charge in [-0.2, -0.15) is 0 Å². The number of nitrogens with one attached hydrogen (secondary N) is 2. The Kier molecular flexibility index (Phi) is 6.25. The molecule has 0 bridgehead atoms. The molecule has 1 fully saturated rings. The average Bonchev–Trinajstić information content (AvgIpc) is 3.13. The molecule has 0 radical (unpaired) electrons. The Bertz CT molecular complexity index is 561. The van der Waals surface area contributed by atoms with Crippen molar-refractivity contribution in [3.63, 3.8) is 0 Å². The van der Waals surface area contributed by atoms with Crippen LogP contribution in [0.4, 0.5) is 4.79 Å². The van der Waals surface area contributed by atoms with E-state index < -0.39 is 12.1 Å². The Hall–Kier alpha value is -1.32. The zero-order valence-corrected chi connectivity index (χ0v) is 15.8. The van der Waals surface area contributed by atoms with E-state index in [0.717, 1.165) is 22.4 Å². The summed E-state index contributed by atoms with van der Waals surface area (Å²) < 4.78 is 5.55. The maximum Gasteiger partial charge on any atom is 0.407 e. The zero-order valence-electron chi connectivity index (χ0n) is 13.6. The molecule has 0 spiro atoms. The second kappa shape index (κ2) is 7.98. The minimum atomic E-state index is -0.576. The Morgan fingerprint density at radius 2 is 2.30 bits per heavy atom. The van der Waals surface area contributed by atoms with Crippen molar-refractivity contribution in [2.24, 2.45) is 5.92 Å². The molecule has 8 heteroatoms. The van der Waals surface area contributed by atoms with Crippen molar-refractivity contribution in [2.75, 3.05) is 13.7 Å². The number of likely N-dealkylation sites (tertiary alicyclic amines) is 1. The molecule has 0 unspecified atom stereocenters. The van der Waals surface area contributed by atoms with Gasteiger partial charge in [0.1, 0.15) is 15.6 Å². The molecule has 2 rings (SSSR count). The highest BCUT2D eigenvalue weighted by atomic mass is 127. The number of rotatable bonds is 5. The highest BCUT2D eigenvalue weighted by Crippen LogP contribution is 2.22. The van der Waals surface area contributed by atoms with Gasteiger partial charge in [0.25, 0.3) is 0 Å². The SMILES string of the molecule is COC(=O)N[C@H](C(=O)N1CCC[C@H]1Cc1nc(I)c[nH]1)C(C)C. The second-order valence-electron chi connectivity index (χ2n) is 6.06. The Balaban J connectivity index is 2.07. The van der Waals surface area contributed by atoms with E-state index in [-0.39, 0.29) is 17.9 Å². The summed E-state index contributed by atoms with van der Waals surface area (Å²) in [7, 11) is 1.30. The van der Waals surface area contributed by atoms with Crippen LogP contribution in [-0.2, 0) is 16.0 Å². The van der Waals surface area contributed by atoms with Gasteiger partial charge in [0, 0.05) is 25.2 Å². The number of methoxy groups -OCH3 is 1. The van der Waals surface area contributed by atoms with E-state index in [4.69, 9.17) is 0 Å². The number of halogens is 1. The van der Waals surface area contributed by atoms with Crippen LogP contribution in [-0.4, -0.2) is 52.6 Å². The molecule has 1 aliphatic rings. The van der Waals surface area contributed by atoms with Gasteiger partial charge in [-0.25, -0.2) is 9.78 Å². The fourth-order valence-electron chi connectivity index (χ4n) is 2.88. The molecular formula is C15H23IN4O3. The summed E-state index contributed by atoms with van der Waals surface area (Å²) in [4.78, 5) is 33.8. The first-order chi connectivity index (χ1) is 10.9. The molecule has 2 heterocycles. The van der Waals surface area contributed by atoms with E-state index in [1.54, 1.807) is 0 Å². The van der Waals surface area contributed by atoms with Gasteiger partial charge in [0.15, 0.2) is 0 Å². The number of hydrogen-bond acceptors (Lipinski definition) is 4. The number of H-pyrrole nitrogens is 1. The summed E-state index contributed by atoms with van der Waals surface area (Å²) >= 11 is 2.16. The lowest BCUT2D eigenvalue weighted by molar-refractivity contribution is -0.135. The first-order valence-electron chi connectivity index (χ1n) is 7.77. The van der Waals surface area contributed by atoms with Crippen LogP contribution in [0.1, 0.15) is 32.5 Å². The van der Waals surface area contributed by atoms with E-state index in [2.05, 4.69) is 42.6 Å². The zero-order chi connectivity index (χ0) is 17.0. The largest absolute Gasteiger partial charge is 0.453 e. The Labute approximate surface area is 149 Å². The lowest BCUT2D eigenvalue weighted by Crippen LogP contribution is -2.52. The number of hydrogen-bond donors (Lipinski definition) is 2. The van der Waals surface area contributed by atoms with Crippen molar-refractivity contribution in [2.45, 2.75) is 45.2 Å². The molecule has 0 aromatic carbocycles. The third-order valence-corrected chi connectivity index (χ3v) is 4.63. The maximum absolute atomic E-state index is 12.9. The number of imidazole rings is 1. The lowest BCUT2D eigenvalue weighted by atomic mass is 10.0. The molecule has 2 N–H and O–H groups in total. The van der Waals surface area contributed by atoms with Crippen molar-refractivity contribution >= 4 is 34.6 Å². The molecule has 2 atom stereocenters. The molecule has 2 amide bonds. The van der Waals surface area contributed by atoms with Gasteiger partial charge in [0.2, 0.25) is 5.91 Å². The maximum atomic E-state index is 12.9. The predicted molar refractivity (Wildman–Crippen MR) is 93.9 cm³/mol. The minimum absolute atomic E-state index is 0.00703. The fourth-order valence-corrected chi connectivity index (χ4v) is 3.33. The third kappa shape index (κ3) is 4.58. The highest BCUT2D eigenvalue weighted by molar-refractivity contribution is 14.1. The van der Waals surface area contributed by atoms with Crippen LogP contribution in [0, 0.1) is 9.62 Å². The smallest absolute Gasteiger partial charge is 0.407 e. The van der Waals surface area contributed by atoms with Crippen molar-refractivity contribution in [3.05, 3.63) is 15.7 Å². The molecule has 1 aliphatic heterocycles. The minimum Gasteiger partial charge on any atom is -0.453 e. The number of carbonyl (C=O) groups is 2. The van der Waals surface area contributed by atoms with Gasteiger partial charge in [-0.1, -0.05) is 13.8 Å². The van der Waals surface area contributed by atoms with Gasteiger partial charge >= 0.3 is 6.09 Å². The third-order valence-electron chi connectivity index (χ3n) is 4.08. The Morgan fingerprint density at radius 3 is 2.87 bits per heavy atom. The van der Waals surface area contributed by atoms with Gasteiger partial charge < -0.3 is 19.9 Å². The molecule has 0 saturated carbocycles. The average molecular weight is 434 g/mol. The lowest BCUT2D eigenvalue weighted by Gasteiger charge is -2.30. The number of aromatic nitrogens is 2. The summed E-state index contributed by atoms with van der Waals surface area (Å²) in [5.41, 5.74) is 0.